The minimum absolute atomic E-state index is 0.635. The van der Waals surface area contributed by atoms with Crippen LogP contribution in [0.3, 0.4) is 0 Å². The Hall–Kier alpha value is 0.0900. The molecule has 0 saturated carbocycles. The van der Waals surface area contributed by atoms with Crippen LogP contribution in [0.1, 0.15) is 20.8 Å². The first-order valence-corrected chi connectivity index (χ1v) is 7.97. The second-order valence-corrected chi connectivity index (χ2v) is 7.85. The maximum absolute atomic E-state index is 10.1. The van der Waals surface area contributed by atoms with E-state index in [-0.39, 0.29) is 0 Å². The standard InChI is InChI=1S/C6H13NS2.C5H10N2O/c1-4-7-5(2)9-6(3)8-4;8-5-7-3-1-6-2-4-7/h4-7H,1-3H3;5-6H,1-4H2. The summed E-state index contributed by atoms with van der Waals surface area (Å²) in [5.74, 6) is 0. The maximum atomic E-state index is 10.1. The number of nitrogens with zero attached hydrogens (tertiary/aromatic N) is 1. The second-order valence-electron chi connectivity index (χ2n) is 4.18. The maximum Gasteiger partial charge on any atom is 0.209 e. The molecule has 0 aromatic carbocycles. The fourth-order valence-electron chi connectivity index (χ4n) is 1.80. The van der Waals surface area contributed by atoms with Crippen LogP contribution in [-0.4, -0.2) is 52.8 Å². The zero-order valence-corrected chi connectivity index (χ0v) is 12.4. The highest BCUT2D eigenvalue weighted by Crippen LogP contribution is 2.33. The van der Waals surface area contributed by atoms with Gasteiger partial charge in [-0.2, -0.15) is 0 Å². The summed E-state index contributed by atoms with van der Waals surface area (Å²) in [5, 5.41) is 7.85. The molecular formula is C11H23N3OS2. The minimum atomic E-state index is 0.635. The molecule has 2 fully saturated rings. The van der Waals surface area contributed by atoms with Crippen LogP contribution in [0.5, 0.6) is 0 Å². The van der Waals surface area contributed by atoms with Gasteiger partial charge in [-0.25, -0.2) is 0 Å². The van der Waals surface area contributed by atoms with Gasteiger partial charge in [-0.1, -0.05) is 0 Å². The van der Waals surface area contributed by atoms with E-state index < -0.39 is 0 Å². The Morgan fingerprint density at radius 3 is 2.00 bits per heavy atom. The lowest BCUT2D eigenvalue weighted by Gasteiger charge is -2.29. The molecule has 2 aliphatic heterocycles. The summed E-state index contributed by atoms with van der Waals surface area (Å²) in [7, 11) is 0. The van der Waals surface area contributed by atoms with E-state index in [2.05, 4.69) is 31.4 Å². The van der Waals surface area contributed by atoms with Crippen molar-refractivity contribution in [1.29, 1.82) is 0 Å². The van der Waals surface area contributed by atoms with Crippen molar-refractivity contribution in [3.05, 3.63) is 0 Å². The van der Waals surface area contributed by atoms with E-state index >= 15 is 0 Å². The average molecular weight is 277 g/mol. The van der Waals surface area contributed by atoms with E-state index in [0.29, 0.717) is 10.7 Å². The molecule has 2 unspecified atom stereocenters. The van der Waals surface area contributed by atoms with Crippen molar-refractivity contribution in [3.63, 3.8) is 0 Å². The summed E-state index contributed by atoms with van der Waals surface area (Å²) in [5.41, 5.74) is 0. The lowest BCUT2D eigenvalue weighted by Crippen LogP contribution is -2.42. The fraction of sp³-hybridized carbons (Fsp3) is 0.909. The largest absolute Gasteiger partial charge is 0.343 e. The van der Waals surface area contributed by atoms with E-state index in [4.69, 9.17) is 0 Å². The summed E-state index contributed by atoms with van der Waals surface area (Å²) < 4.78 is 0.760. The zero-order valence-electron chi connectivity index (χ0n) is 10.8. The quantitative estimate of drug-likeness (QED) is 0.704. The van der Waals surface area contributed by atoms with Gasteiger partial charge >= 0.3 is 0 Å². The highest BCUT2D eigenvalue weighted by atomic mass is 32.2. The molecule has 0 aliphatic carbocycles. The lowest BCUT2D eigenvalue weighted by atomic mass is 10.4. The average Bonchev–Trinajstić information content (AvgIpc) is 2.29. The fourth-order valence-corrected chi connectivity index (χ4v) is 4.86. The van der Waals surface area contributed by atoms with Gasteiger partial charge in [0, 0.05) is 26.2 Å². The highest BCUT2D eigenvalue weighted by molar-refractivity contribution is 8.18. The van der Waals surface area contributed by atoms with Gasteiger partial charge in [0.15, 0.2) is 0 Å². The summed E-state index contributed by atoms with van der Waals surface area (Å²) >= 11 is 3.99. The Morgan fingerprint density at radius 1 is 1.12 bits per heavy atom. The summed E-state index contributed by atoms with van der Waals surface area (Å²) in [4.78, 5) is 11.8. The van der Waals surface area contributed by atoms with Crippen LogP contribution >= 0.6 is 23.5 Å². The molecule has 6 heteroatoms. The predicted octanol–water partition coefficient (Wildman–Crippen LogP) is 1.14. The molecule has 0 spiro atoms. The monoisotopic (exact) mass is 277 g/mol. The smallest absolute Gasteiger partial charge is 0.209 e. The Morgan fingerprint density at radius 2 is 1.65 bits per heavy atom. The first-order valence-electron chi connectivity index (χ1n) is 6.09. The molecule has 2 rings (SSSR count). The summed E-state index contributed by atoms with van der Waals surface area (Å²) in [6.07, 6.45) is 0.904. The molecule has 2 heterocycles. The van der Waals surface area contributed by atoms with Gasteiger partial charge < -0.3 is 10.2 Å². The van der Waals surface area contributed by atoms with Crippen molar-refractivity contribution in [3.8, 4) is 0 Å². The van der Waals surface area contributed by atoms with Gasteiger partial charge in [0.25, 0.3) is 0 Å². The third-order valence-electron chi connectivity index (χ3n) is 2.56. The van der Waals surface area contributed by atoms with Crippen molar-refractivity contribution >= 4 is 29.9 Å². The van der Waals surface area contributed by atoms with Crippen molar-refractivity contribution in [1.82, 2.24) is 15.5 Å². The van der Waals surface area contributed by atoms with Crippen LogP contribution in [-0.2, 0) is 4.79 Å². The number of thioether (sulfide) groups is 2. The predicted molar refractivity (Wildman–Crippen MR) is 77.2 cm³/mol. The van der Waals surface area contributed by atoms with Gasteiger partial charge in [-0.15, -0.1) is 23.5 Å². The molecule has 2 atom stereocenters. The molecule has 4 nitrogen and oxygen atoms in total. The van der Waals surface area contributed by atoms with Crippen molar-refractivity contribution in [2.24, 2.45) is 0 Å². The molecule has 2 aliphatic rings. The van der Waals surface area contributed by atoms with Crippen LogP contribution in [0.2, 0.25) is 0 Å². The van der Waals surface area contributed by atoms with Gasteiger partial charge in [-0.3, -0.25) is 10.1 Å². The number of hydrogen-bond acceptors (Lipinski definition) is 5. The number of carbonyl (C=O) groups is 1. The van der Waals surface area contributed by atoms with E-state index in [1.165, 1.54) is 0 Å². The van der Waals surface area contributed by atoms with Gasteiger partial charge in [-0.05, 0) is 20.8 Å². The van der Waals surface area contributed by atoms with Gasteiger partial charge in [0.05, 0.1) is 15.3 Å². The molecule has 0 aromatic rings. The number of amides is 1. The molecule has 0 aromatic heterocycles. The van der Waals surface area contributed by atoms with Crippen LogP contribution in [0.25, 0.3) is 0 Å². The Balaban J connectivity index is 0.000000171. The van der Waals surface area contributed by atoms with Crippen LogP contribution in [0, 0.1) is 0 Å². The highest BCUT2D eigenvalue weighted by Gasteiger charge is 2.19. The topological polar surface area (TPSA) is 44.4 Å². The lowest BCUT2D eigenvalue weighted by molar-refractivity contribution is -0.118. The first-order chi connectivity index (χ1) is 8.11. The molecule has 0 radical (unpaired) electrons. The second kappa shape index (κ2) is 8.24. The number of piperazine rings is 1. The molecule has 17 heavy (non-hydrogen) atoms. The van der Waals surface area contributed by atoms with E-state index in [9.17, 15) is 4.79 Å². The molecule has 2 saturated heterocycles. The van der Waals surface area contributed by atoms with Crippen LogP contribution in [0.4, 0.5) is 0 Å². The summed E-state index contributed by atoms with van der Waals surface area (Å²) in [6.45, 7) is 10.3. The van der Waals surface area contributed by atoms with Gasteiger partial charge in [0.1, 0.15) is 0 Å². The van der Waals surface area contributed by atoms with Crippen LogP contribution < -0.4 is 10.6 Å². The normalized spacial score (nSPS) is 33.6. The molecule has 1 amide bonds. The third kappa shape index (κ3) is 6.55. The van der Waals surface area contributed by atoms with Crippen molar-refractivity contribution in [2.75, 3.05) is 26.2 Å². The SMILES string of the molecule is CC1NC(C)SC(C)S1.O=CN1CCNCC1. The third-order valence-corrected chi connectivity index (χ3v) is 5.08. The molecule has 0 bridgehead atoms. The molecule has 100 valence electrons. The molecular weight excluding hydrogens is 254 g/mol. The van der Waals surface area contributed by atoms with Crippen molar-refractivity contribution < 1.29 is 4.79 Å². The number of nitrogens with one attached hydrogen (secondary N) is 2. The van der Waals surface area contributed by atoms with E-state index in [0.717, 1.165) is 37.2 Å². The van der Waals surface area contributed by atoms with Gasteiger partial charge in [0.2, 0.25) is 6.41 Å². The number of hydrogen-bond donors (Lipinski definition) is 2. The van der Waals surface area contributed by atoms with Crippen molar-refractivity contribution in [2.45, 2.75) is 36.1 Å². The summed E-state index contributed by atoms with van der Waals surface area (Å²) in [6, 6.07) is 0. The molecule has 2 N–H and O–H groups in total. The van der Waals surface area contributed by atoms with E-state index in [1.54, 1.807) is 4.90 Å². The number of carbonyl (C=O) groups excluding carboxylic acids is 1. The van der Waals surface area contributed by atoms with E-state index in [1.807, 2.05) is 23.5 Å². The number of rotatable bonds is 1. The Bertz CT molecular complexity index is 200. The Labute approximate surface area is 113 Å². The first kappa shape index (κ1) is 15.1. The van der Waals surface area contributed by atoms with Crippen LogP contribution in [0.15, 0.2) is 0 Å². The minimum Gasteiger partial charge on any atom is -0.343 e. The Kier molecular flexibility index (Phi) is 7.34. The zero-order chi connectivity index (χ0) is 12.7.